The Balaban J connectivity index is 0.00000288. The first kappa shape index (κ1) is 24.2. The van der Waals surface area contributed by atoms with Gasteiger partial charge in [0.2, 0.25) is 5.91 Å². The number of halogens is 2. The van der Waals surface area contributed by atoms with E-state index in [0.717, 1.165) is 38.8 Å². The molecule has 1 aromatic carbocycles. The lowest BCUT2D eigenvalue weighted by Crippen LogP contribution is -2.22. The highest BCUT2D eigenvalue weighted by Crippen LogP contribution is 2.14. The van der Waals surface area contributed by atoms with Gasteiger partial charge in [0.15, 0.2) is 0 Å². The van der Waals surface area contributed by atoms with Gasteiger partial charge in [0.1, 0.15) is 0 Å². The van der Waals surface area contributed by atoms with Crippen molar-refractivity contribution >= 4 is 30.7 Å². The Bertz CT molecular complexity index is 479. The molecule has 1 fully saturated rings. The molecule has 2 rings (SSSR count). The van der Waals surface area contributed by atoms with E-state index in [1.54, 1.807) is 0 Å². The monoisotopic (exact) mass is 389 g/mol. The minimum absolute atomic E-state index is 0. The molecule has 1 heterocycles. The van der Waals surface area contributed by atoms with E-state index in [1.165, 1.54) is 37.1 Å². The first-order valence-electron chi connectivity index (χ1n) is 9.05. The van der Waals surface area contributed by atoms with E-state index in [2.05, 4.69) is 34.5 Å². The molecule has 1 saturated heterocycles. The summed E-state index contributed by atoms with van der Waals surface area (Å²) >= 11 is 0. The highest BCUT2D eigenvalue weighted by atomic mass is 35.5. The van der Waals surface area contributed by atoms with Gasteiger partial charge < -0.3 is 11.1 Å². The molecule has 3 N–H and O–H groups in total. The third-order valence-electron chi connectivity index (χ3n) is 4.44. The van der Waals surface area contributed by atoms with Crippen LogP contribution in [0.25, 0.3) is 0 Å². The Morgan fingerprint density at radius 2 is 1.72 bits per heavy atom. The number of amides is 1. The van der Waals surface area contributed by atoms with Gasteiger partial charge in [-0.15, -0.1) is 24.8 Å². The summed E-state index contributed by atoms with van der Waals surface area (Å²) in [5.41, 5.74) is 8.00. The standard InChI is InChI=1S/C19H31N3O.2ClH/c20-11-4-2-1-3-10-19(23)21-15-17-8-7-9-18(14-17)16-22-12-5-6-13-22;;/h7-9,14H,1-6,10-13,15-16,20H2,(H,21,23);2*1H. The van der Waals surface area contributed by atoms with Crippen LogP contribution >= 0.6 is 24.8 Å². The van der Waals surface area contributed by atoms with Crippen LogP contribution in [0.1, 0.15) is 56.1 Å². The van der Waals surface area contributed by atoms with Gasteiger partial charge in [-0.3, -0.25) is 9.69 Å². The smallest absolute Gasteiger partial charge is 0.220 e. The van der Waals surface area contributed by atoms with Crippen LogP contribution in [0.4, 0.5) is 0 Å². The molecule has 1 aliphatic rings. The number of likely N-dealkylation sites (tertiary alicyclic amines) is 1. The summed E-state index contributed by atoms with van der Waals surface area (Å²) in [7, 11) is 0. The van der Waals surface area contributed by atoms with Gasteiger partial charge in [-0.25, -0.2) is 0 Å². The molecule has 0 bridgehead atoms. The van der Waals surface area contributed by atoms with Crippen molar-refractivity contribution in [1.82, 2.24) is 10.2 Å². The highest BCUT2D eigenvalue weighted by Gasteiger charge is 2.11. The molecule has 1 amide bonds. The van der Waals surface area contributed by atoms with Crippen LogP contribution in [0.5, 0.6) is 0 Å². The normalized spacial score (nSPS) is 13.8. The first-order valence-corrected chi connectivity index (χ1v) is 9.05. The maximum Gasteiger partial charge on any atom is 0.220 e. The molecule has 0 saturated carbocycles. The molecule has 6 heteroatoms. The lowest BCUT2D eigenvalue weighted by molar-refractivity contribution is -0.121. The first-order chi connectivity index (χ1) is 11.3. The average molecular weight is 390 g/mol. The predicted molar refractivity (Wildman–Crippen MR) is 109 cm³/mol. The Morgan fingerprint density at radius 1 is 1.04 bits per heavy atom. The van der Waals surface area contributed by atoms with Gasteiger partial charge in [-0.1, -0.05) is 37.1 Å². The van der Waals surface area contributed by atoms with Gasteiger partial charge in [-0.05, 0) is 56.4 Å². The van der Waals surface area contributed by atoms with Crippen molar-refractivity contribution in [3.05, 3.63) is 35.4 Å². The fraction of sp³-hybridized carbons (Fsp3) is 0.632. The number of rotatable bonds is 10. The van der Waals surface area contributed by atoms with Gasteiger partial charge in [0.25, 0.3) is 0 Å². The number of nitrogens with zero attached hydrogens (tertiary/aromatic N) is 1. The number of hydrogen-bond donors (Lipinski definition) is 2. The second-order valence-electron chi connectivity index (χ2n) is 6.53. The summed E-state index contributed by atoms with van der Waals surface area (Å²) in [6.45, 7) is 4.84. The lowest BCUT2D eigenvalue weighted by Gasteiger charge is -2.15. The van der Waals surface area contributed by atoms with Crippen LogP contribution in [0.15, 0.2) is 24.3 Å². The molecule has 0 spiro atoms. The maximum atomic E-state index is 11.9. The fourth-order valence-corrected chi connectivity index (χ4v) is 3.11. The Kier molecular flexibility index (Phi) is 13.9. The molecule has 1 aromatic rings. The number of carbonyl (C=O) groups excluding carboxylic acids is 1. The van der Waals surface area contributed by atoms with E-state index < -0.39 is 0 Å². The molecule has 0 unspecified atom stereocenters. The van der Waals surface area contributed by atoms with Crippen LogP contribution in [-0.4, -0.2) is 30.4 Å². The quantitative estimate of drug-likeness (QED) is 0.600. The third-order valence-corrected chi connectivity index (χ3v) is 4.44. The van der Waals surface area contributed by atoms with E-state index in [1.807, 2.05) is 0 Å². The SMILES string of the molecule is Cl.Cl.NCCCCCCC(=O)NCc1cccc(CN2CCCC2)c1. The molecule has 25 heavy (non-hydrogen) atoms. The number of hydrogen-bond acceptors (Lipinski definition) is 3. The van der Waals surface area contributed by atoms with Crippen molar-refractivity contribution in [2.24, 2.45) is 5.73 Å². The van der Waals surface area contributed by atoms with E-state index in [4.69, 9.17) is 5.73 Å². The number of benzene rings is 1. The van der Waals surface area contributed by atoms with Crippen molar-refractivity contribution in [3.8, 4) is 0 Å². The number of carbonyl (C=O) groups is 1. The molecule has 0 aromatic heterocycles. The Hall–Kier alpha value is -0.810. The summed E-state index contributed by atoms with van der Waals surface area (Å²) in [4.78, 5) is 14.4. The summed E-state index contributed by atoms with van der Waals surface area (Å²) in [6, 6.07) is 8.59. The van der Waals surface area contributed by atoms with Gasteiger partial charge in [0, 0.05) is 19.5 Å². The van der Waals surface area contributed by atoms with Gasteiger partial charge in [-0.2, -0.15) is 0 Å². The van der Waals surface area contributed by atoms with E-state index in [-0.39, 0.29) is 30.7 Å². The van der Waals surface area contributed by atoms with Gasteiger partial charge >= 0.3 is 0 Å². The van der Waals surface area contributed by atoms with E-state index in [9.17, 15) is 4.79 Å². The van der Waals surface area contributed by atoms with E-state index >= 15 is 0 Å². The number of nitrogens with two attached hydrogens (primary N) is 1. The second kappa shape index (κ2) is 14.4. The predicted octanol–water partition coefficient (Wildman–Crippen LogP) is 3.65. The average Bonchev–Trinajstić information content (AvgIpc) is 3.06. The molecule has 4 nitrogen and oxygen atoms in total. The van der Waals surface area contributed by atoms with Crippen molar-refractivity contribution in [2.45, 2.75) is 58.0 Å². The molecule has 0 atom stereocenters. The van der Waals surface area contributed by atoms with Crippen molar-refractivity contribution in [3.63, 3.8) is 0 Å². The summed E-state index contributed by atoms with van der Waals surface area (Å²) < 4.78 is 0. The molecule has 0 aliphatic carbocycles. The highest BCUT2D eigenvalue weighted by molar-refractivity contribution is 5.85. The molecular formula is C19H33Cl2N3O. The minimum atomic E-state index is 0. The van der Waals surface area contributed by atoms with E-state index in [0.29, 0.717) is 13.0 Å². The zero-order chi connectivity index (χ0) is 16.3. The zero-order valence-electron chi connectivity index (χ0n) is 15.0. The molecule has 144 valence electrons. The number of unbranched alkanes of at least 4 members (excludes halogenated alkanes) is 3. The largest absolute Gasteiger partial charge is 0.352 e. The molecule has 0 radical (unpaired) electrons. The zero-order valence-corrected chi connectivity index (χ0v) is 16.7. The Morgan fingerprint density at radius 3 is 2.44 bits per heavy atom. The van der Waals surface area contributed by atoms with Gasteiger partial charge in [0.05, 0.1) is 0 Å². The summed E-state index contributed by atoms with van der Waals surface area (Å²) in [5.74, 6) is 0.155. The van der Waals surface area contributed by atoms with Crippen molar-refractivity contribution in [1.29, 1.82) is 0 Å². The maximum absolute atomic E-state index is 11.9. The fourth-order valence-electron chi connectivity index (χ4n) is 3.11. The van der Waals surface area contributed by atoms with Crippen molar-refractivity contribution < 1.29 is 4.79 Å². The minimum Gasteiger partial charge on any atom is -0.352 e. The third kappa shape index (κ3) is 10.0. The number of nitrogens with one attached hydrogen (secondary N) is 1. The van der Waals surface area contributed by atoms with Crippen molar-refractivity contribution in [2.75, 3.05) is 19.6 Å². The van der Waals surface area contributed by atoms with Crippen LogP contribution in [0, 0.1) is 0 Å². The van der Waals surface area contributed by atoms with Crippen LogP contribution in [0.3, 0.4) is 0 Å². The van der Waals surface area contributed by atoms with Crippen LogP contribution in [0.2, 0.25) is 0 Å². The van der Waals surface area contributed by atoms with Crippen LogP contribution in [-0.2, 0) is 17.9 Å². The summed E-state index contributed by atoms with van der Waals surface area (Å²) in [6.07, 6.45) is 7.50. The molecule has 1 aliphatic heterocycles. The second-order valence-corrected chi connectivity index (χ2v) is 6.53. The Labute approximate surface area is 164 Å². The topological polar surface area (TPSA) is 58.4 Å². The van der Waals surface area contributed by atoms with Crippen LogP contribution < -0.4 is 11.1 Å². The lowest BCUT2D eigenvalue weighted by atomic mass is 10.1. The molecular weight excluding hydrogens is 357 g/mol. The summed E-state index contributed by atoms with van der Waals surface area (Å²) in [5, 5.41) is 3.03.